The van der Waals surface area contributed by atoms with Crippen molar-refractivity contribution in [3.05, 3.63) is 53.6 Å². The molecule has 106 valence electrons. The van der Waals surface area contributed by atoms with E-state index >= 15 is 0 Å². The summed E-state index contributed by atoms with van der Waals surface area (Å²) in [6.45, 7) is 5.30. The third-order valence-corrected chi connectivity index (χ3v) is 4.19. The lowest BCUT2D eigenvalue weighted by Gasteiger charge is -2.29. The van der Waals surface area contributed by atoms with E-state index in [1.807, 2.05) is 12.5 Å². The Morgan fingerprint density at radius 3 is 2.80 bits per heavy atom. The topological polar surface area (TPSA) is 29.9 Å². The van der Waals surface area contributed by atoms with Gasteiger partial charge in [0.15, 0.2) is 0 Å². The first-order chi connectivity index (χ1) is 9.72. The minimum atomic E-state index is 0.451. The van der Waals surface area contributed by atoms with Crippen molar-refractivity contribution >= 4 is 0 Å². The molecule has 0 spiro atoms. The first-order valence-corrected chi connectivity index (χ1v) is 7.54. The van der Waals surface area contributed by atoms with Crippen molar-refractivity contribution in [1.29, 1.82) is 0 Å². The van der Waals surface area contributed by atoms with Crippen LogP contribution in [0.1, 0.15) is 49.0 Å². The third-order valence-electron chi connectivity index (χ3n) is 4.19. The van der Waals surface area contributed by atoms with Gasteiger partial charge in [0.2, 0.25) is 0 Å². The number of aromatic nitrogens is 2. The summed E-state index contributed by atoms with van der Waals surface area (Å²) in [4.78, 5) is 4.36. The molecule has 1 aromatic heterocycles. The highest BCUT2D eigenvalue weighted by Gasteiger charge is 2.22. The molecule has 1 aliphatic rings. The van der Waals surface area contributed by atoms with E-state index in [0.717, 1.165) is 6.54 Å². The van der Waals surface area contributed by atoms with Crippen LogP contribution in [0.3, 0.4) is 0 Å². The van der Waals surface area contributed by atoms with Crippen molar-refractivity contribution in [2.24, 2.45) is 0 Å². The summed E-state index contributed by atoms with van der Waals surface area (Å²) in [5.41, 5.74) is 3.96. The minimum absolute atomic E-state index is 0.451. The second-order valence-electron chi connectivity index (χ2n) is 5.98. The van der Waals surface area contributed by atoms with Crippen LogP contribution in [0.5, 0.6) is 0 Å². The van der Waals surface area contributed by atoms with E-state index in [1.54, 1.807) is 0 Å². The number of nitrogens with one attached hydrogen (secondary N) is 1. The summed E-state index contributed by atoms with van der Waals surface area (Å²) in [5, 5.41) is 3.69. The van der Waals surface area contributed by atoms with Gasteiger partial charge in [0.1, 0.15) is 0 Å². The Morgan fingerprint density at radius 2 is 2.05 bits per heavy atom. The predicted octanol–water partition coefficient (Wildman–Crippen LogP) is 3.44. The molecule has 0 saturated carbocycles. The highest BCUT2D eigenvalue weighted by Crippen LogP contribution is 2.25. The van der Waals surface area contributed by atoms with Crippen LogP contribution in [0, 0.1) is 6.92 Å². The van der Waals surface area contributed by atoms with Crippen LogP contribution in [0.2, 0.25) is 0 Å². The number of piperidine rings is 1. The van der Waals surface area contributed by atoms with E-state index in [4.69, 9.17) is 0 Å². The maximum Gasteiger partial charge on any atom is 0.0951 e. The monoisotopic (exact) mass is 269 g/mol. The summed E-state index contributed by atoms with van der Waals surface area (Å²) < 4.78 is 2.28. The average molecular weight is 269 g/mol. The molecule has 3 rings (SSSR count). The van der Waals surface area contributed by atoms with E-state index in [9.17, 15) is 0 Å². The van der Waals surface area contributed by atoms with Crippen molar-refractivity contribution in [2.75, 3.05) is 0 Å². The van der Waals surface area contributed by atoms with E-state index in [0.29, 0.717) is 12.1 Å². The molecule has 2 atom stereocenters. The van der Waals surface area contributed by atoms with Gasteiger partial charge < -0.3 is 9.88 Å². The second kappa shape index (κ2) is 5.80. The fraction of sp³-hybridized carbons (Fsp3) is 0.471. The number of hydrogen-bond acceptors (Lipinski definition) is 2. The van der Waals surface area contributed by atoms with Crippen molar-refractivity contribution in [3.63, 3.8) is 0 Å². The molecule has 1 saturated heterocycles. The van der Waals surface area contributed by atoms with Crippen LogP contribution in [0.25, 0.3) is 0 Å². The molecule has 1 aliphatic heterocycles. The highest BCUT2D eigenvalue weighted by molar-refractivity contribution is 5.22. The summed E-state index contributed by atoms with van der Waals surface area (Å²) >= 11 is 0. The molecule has 2 heterocycles. The van der Waals surface area contributed by atoms with Gasteiger partial charge in [-0.25, -0.2) is 4.98 Å². The van der Waals surface area contributed by atoms with Crippen molar-refractivity contribution in [3.8, 4) is 0 Å². The van der Waals surface area contributed by atoms with Gasteiger partial charge in [0.05, 0.1) is 12.0 Å². The summed E-state index contributed by atoms with van der Waals surface area (Å²) in [7, 11) is 0. The molecule has 0 radical (unpaired) electrons. The van der Waals surface area contributed by atoms with Crippen molar-refractivity contribution in [2.45, 2.75) is 51.7 Å². The number of imidazole rings is 1. The molecule has 0 amide bonds. The Hall–Kier alpha value is -1.61. The van der Waals surface area contributed by atoms with Crippen LogP contribution < -0.4 is 5.32 Å². The lowest BCUT2D eigenvalue weighted by molar-refractivity contribution is 0.330. The quantitative estimate of drug-likeness (QED) is 0.925. The maximum atomic E-state index is 4.36. The van der Waals surface area contributed by atoms with Crippen LogP contribution in [-0.2, 0) is 6.54 Å². The van der Waals surface area contributed by atoms with Gasteiger partial charge in [-0.15, -0.1) is 0 Å². The van der Waals surface area contributed by atoms with Crippen LogP contribution in [-0.4, -0.2) is 15.6 Å². The predicted molar refractivity (Wildman–Crippen MR) is 81.7 cm³/mol. The zero-order chi connectivity index (χ0) is 13.9. The molecular weight excluding hydrogens is 246 g/mol. The van der Waals surface area contributed by atoms with Gasteiger partial charge in [0, 0.05) is 24.8 Å². The molecular formula is C17H23N3. The van der Waals surface area contributed by atoms with Gasteiger partial charge in [-0.3, -0.25) is 0 Å². The number of rotatable bonds is 3. The first-order valence-electron chi connectivity index (χ1n) is 7.54. The average Bonchev–Trinajstić information content (AvgIpc) is 2.89. The molecule has 1 N–H and O–H groups in total. The molecule has 1 fully saturated rings. The lowest BCUT2D eigenvalue weighted by atomic mass is 9.97. The second-order valence-corrected chi connectivity index (χ2v) is 5.98. The molecule has 2 aromatic rings. The van der Waals surface area contributed by atoms with E-state index in [2.05, 4.69) is 53.0 Å². The Labute approximate surface area is 121 Å². The fourth-order valence-corrected chi connectivity index (χ4v) is 3.01. The summed E-state index contributed by atoms with van der Waals surface area (Å²) in [6, 6.07) is 9.81. The van der Waals surface area contributed by atoms with E-state index in [-0.39, 0.29) is 0 Å². The number of aryl methyl sites for hydroxylation is 1. The van der Waals surface area contributed by atoms with Gasteiger partial charge in [-0.2, -0.15) is 0 Å². The SMILES string of the molecule is Cc1ccc(Cn2cncc2C2CCCC(C)N2)cc1. The van der Waals surface area contributed by atoms with Crippen LogP contribution in [0.4, 0.5) is 0 Å². The van der Waals surface area contributed by atoms with Gasteiger partial charge >= 0.3 is 0 Å². The van der Waals surface area contributed by atoms with E-state index < -0.39 is 0 Å². The molecule has 0 aliphatic carbocycles. The van der Waals surface area contributed by atoms with Gasteiger partial charge in [-0.05, 0) is 38.7 Å². The standard InChI is InChI=1S/C17H23N3/c1-13-6-8-15(9-7-13)11-20-12-18-10-17(20)16-5-3-4-14(2)19-16/h6-10,12,14,16,19H,3-5,11H2,1-2H3. The minimum Gasteiger partial charge on any atom is -0.329 e. The highest BCUT2D eigenvalue weighted by atomic mass is 15.1. The Kier molecular flexibility index (Phi) is 3.88. The fourth-order valence-electron chi connectivity index (χ4n) is 3.01. The van der Waals surface area contributed by atoms with Gasteiger partial charge in [0.25, 0.3) is 0 Å². The number of hydrogen-bond donors (Lipinski definition) is 1. The maximum absolute atomic E-state index is 4.36. The normalized spacial score (nSPS) is 22.9. The Bertz CT molecular complexity index is 556. The number of benzene rings is 1. The third kappa shape index (κ3) is 2.93. The van der Waals surface area contributed by atoms with E-state index in [1.165, 1.54) is 36.1 Å². The van der Waals surface area contributed by atoms with Crippen LogP contribution in [0.15, 0.2) is 36.8 Å². The molecule has 2 unspecified atom stereocenters. The molecule has 1 aromatic carbocycles. The first kappa shape index (κ1) is 13.4. The van der Waals surface area contributed by atoms with Gasteiger partial charge in [-0.1, -0.05) is 29.8 Å². The van der Waals surface area contributed by atoms with Crippen LogP contribution >= 0.6 is 0 Å². The smallest absolute Gasteiger partial charge is 0.0951 e. The molecule has 20 heavy (non-hydrogen) atoms. The number of nitrogens with zero attached hydrogens (tertiary/aromatic N) is 2. The molecule has 3 heteroatoms. The molecule has 3 nitrogen and oxygen atoms in total. The van der Waals surface area contributed by atoms with Crippen molar-refractivity contribution < 1.29 is 0 Å². The Morgan fingerprint density at radius 1 is 1.25 bits per heavy atom. The summed E-state index contributed by atoms with van der Waals surface area (Å²) in [6.07, 6.45) is 7.76. The van der Waals surface area contributed by atoms with Crippen molar-refractivity contribution in [1.82, 2.24) is 14.9 Å². The lowest BCUT2D eigenvalue weighted by Crippen LogP contribution is -2.35. The zero-order valence-corrected chi connectivity index (χ0v) is 12.3. The molecule has 0 bridgehead atoms. The zero-order valence-electron chi connectivity index (χ0n) is 12.3. The largest absolute Gasteiger partial charge is 0.329 e. The summed E-state index contributed by atoms with van der Waals surface area (Å²) in [5.74, 6) is 0. The Balaban J connectivity index is 1.77.